The van der Waals surface area contributed by atoms with Crippen LogP contribution in [-0.2, 0) is 16.1 Å². The van der Waals surface area contributed by atoms with Crippen LogP contribution in [-0.4, -0.2) is 11.9 Å². The lowest BCUT2D eigenvalue weighted by Gasteiger charge is -2.31. The second-order valence-corrected chi connectivity index (χ2v) is 4.61. The van der Waals surface area contributed by atoms with Crippen molar-refractivity contribution < 1.29 is 19.1 Å². The van der Waals surface area contributed by atoms with E-state index in [0.717, 1.165) is 12.8 Å². The maximum Gasteiger partial charge on any atom is 0.224 e. The SMILES string of the molecule is O=C([O-])[C@@H]1CCCC[C@H]1C(=O)NCc1ccco1. The first-order chi connectivity index (χ1) is 8.68. The molecule has 1 aromatic heterocycles. The van der Waals surface area contributed by atoms with Gasteiger partial charge < -0.3 is 19.6 Å². The van der Waals surface area contributed by atoms with Crippen LogP contribution in [0.25, 0.3) is 0 Å². The standard InChI is InChI=1S/C13H17NO4/c15-12(14-8-9-4-3-7-18-9)10-5-1-2-6-11(10)13(16)17/h3-4,7,10-11H,1-2,5-6,8H2,(H,14,15)(H,16,17)/p-1/t10-,11-/m1/s1. The highest BCUT2D eigenvalue weighted by Crippen LogP contribution is 2.29. The highest BCUT2D eigenvalue weighted by molar-refractivity contribution is 5.84. The van der Waals surface area contributed by atoms with Gasteiger partial charge in [0.1, 0.15) is 5.76 Å². The van der Waals surface area contributed by atoms with E-state index in [1.54, 1.807) is 12.1 Å². The minimum atomic E-state index is -1.12. The molecule has 5 heteroatoms. The lowest BCUT2D eigenvalue weighted by molar-refractivity contribution is -0.314. The van der Waals surface area contributed by atoms with Crippen LogP contribution in [0.5, 0.6) is 0 Å². The number of rotatable bonds is 4. The van der Waals surface area contributed by atoms with E-state index >= 15 is 0 Å². The Morgan fingerprint density at radius 1 is 1.33 bits per heavy atom. The molecule has 0 aromatic carbocycles. The van der Waals surface area contributed by atoms with E-state index in [-0.39, 0.29) is 5.91 Å². The number of furan rings is 1. The Hall–Kier alpha value is -1.78. The Balaban J connectivity index is 1.92. The topological polar surface area (TPSA) is 82.4 Å². The average molecular weight is 250 g/mol. The normalized spacial score (nSPS) is 23.6. The molecule has 1 amide bonds. The van der Waals surface area contributed by atoms with Gasteiger partial charge >= 0.3 is 0 Å². The van der Waals surface area contributed by atoms with E-state index < -0.39 is 17.8 Å². The summed E-state index contributed by atoms with van der Waals surface area (Å²) in [5, 5.41) is 13.7. The molecule has 2 atom stereocenters. The van der Waals surface area contributed by atoms with Crippen LogP contribution in [0.3, 0.4) is 0 Å². The minimum absolute atomic E-state index is 0.222. The van der Waals surface area contributed by atoms with Crippen LogP contribution >= 0.6 is 0 Å². The van der Waals surface area contributed by atoms with Gasteiger partial charge in [-0.25, -0.2) is 0 Å². The summed E-state index contributed by atoms with van der Waals surface area (Å²) in [5.41, 5.74) is 0. The lowest BCUT2D eigenvalue weighted by Crippen LogP contribution is -2.44. The Labute approximate surface area is 105 Å². The van der Waals surface area contributed by atoms with Crippen LogP contribution in [0.1, 0.15) is 31.4 Å². The van der Waals surface area contributed by atoms with Crippen LogP contribution in [0, 0.1) is 11.8 Å². The molecule has 18 heavy (non-hydrogen) atoms. The predicted molar refractivity (Wildman–Crippen MR) is 61.0 cm³/mol. The number of hydrogen-bond acceptors (Lipinski definition) is 4. The van der Waals surface area contributed by atoms with Crippen LogP contribution in [0.15, 0.2) is 22.8 Å². The number of hydrogen-bond donors (Lipinski definition) is 1. The number of carboxylic acid groups (broad SMARTS) is 1. The van der Waals surface area contributed by atoms with Gasteiger partial charge in [0.25, 0.3) is 0 Å². The van der Waals surface area contributed by atoms with Crippen molar-refractivity contribution in [3.05, 3.63) is 24.2 Å². The van der Waals surface area contributed by atoms with Crippen molar-refractivity contribution in [3.63, 3.8) is 0 Å². The van der Waals surface area contributed by atoms with Gasteiger partial charge in [0.05, 0.1) is 12.8 Å². The molecule has 0 aliphatic heterocycles. The van der Waals surface area contributed by atoms with E-state index in [0.29, 0.717) is 25.1 Å². The van der Waals surface area contributed by atoms with Crippen LogP contribution in [0.2, 0.25) is 0 Å². The fourth-order valence-electron chi connectivity index (χ4n) is 2.45. The van der Waals surface area contributed by atoms with Gasteiger partial charge in [-0.3, -0.25) is 4.79 Å². The molecule has 2 rings (SSSR count). The summed E-state index contributed by atoms with van der Waals surface area (Å²) in [6, 6.07) is 3.50. The number of carbonyl (C=O) groups is 2. The molecule has 0 bridgehead atoms. The Bertz CT molecular complexity index is 413. The van der Waals surface area contributed by atoms with Crippen molar-refractivity contribution in [2.45, 2.75) is 32.2 Å². The molecule has 1 aliphatic rings. The minimum Gasteiger partial charge on any atom is -0.550 e. The van der Waals surface area contributed by atoms with Gasteiger partial charge in [-0.15, -0.1) is 0 Å². The first kappa shape index (κ1) is 12.7. The van der Waals surface area contributed by atoms with E-state index in [2.05, 4.69) is 5.32 Å². The number of aliphatic carboxylic acids is 1. The molecule has 0 saturated heterocycles. The molecular weight excluding hydrogens is 234 g/mol. The van der Waals surface area contributed by atoms with Gasteiger partial charge in [-0.1, -0.05) is 12.8 Å². The molecule has 1 N–H and O–H groups in total. The molecule has 98 valence electrons. The molecule has 5 nitrogen and oxygen atoms in total. The van der Waals surface area contributed by atoms with E-state index in [4.69, 9.17) is 4.42 Å². The smallest absolute Gasteiger partial charge is 0.224 e. The largest absolute Gasteiger partial charge is 0.550 e. The second kappa shape index (κ2) is 5.71. The van der Waals surface area contributed by atoms with Crippen molar-refractivity contribution in [2.75, 3.05) is 0 Å². The molecule has 0 radical (unpaired) electrons. The highest BCUT2D eigenvalue weighted by Gasteiger charge is 2.31. The van der Waals surface area contributed by atoms with Crippen molar-refractivity contribution in [2.24, 2.45) is 11.8 Å². The van der Waals surface area contributed by atoms with Crippen molar-refractivity contribution in [3.8, 4) is 0 Å². The zero-order chi connectivity index (χ0) is 13.0. The van der Waals surface area contributed by atoms with E-state index in [9.17, 15) is 14.7 Å². The zero-order valence-corrected chi connectivity index (χ0v) is 10.1. The van der Waals surface area contributed by atoms with Crippen LogP contribution < -0.4 is 10.4 Å². The van der Waals surface area contributed by atoms with Crippen molar-refractivity contribution in [1.29, 1.82) is 0 Å². The fraction of sp³-hybridized carbons (Fsp3) is 0.538. The molecular formula is C13H16NO4-. The monoisotopic (exact) mass is 250 g/mol. The maximum absolute atomic E-state index is 12.0. The number of nitrogens with one attached hydrogen (secondary N) is 1. The molecule has 1 saturated carbocycles. The van der Waals surface area contributed by atoms with Gasteiger partial charge in [0.2, 0.25) is 5.91 Å². The third-order valence-corrected chi connectivity index (χ3v) is 3.42. The summed E-state index contributed by atoms with van der Waals surface area (Å²) in [4.78, 5) is 23.0. The summed E-state index contributed by atoms with van der Waals surface area (Å²) in [6.45, 7) is 0.294. The Kier molecular flexibility index (Phi) is 4.02. The molecule has 0 spiro atoms. The van der Waals surface area contributed by atoms with Gasteiger partial charge in [0.15, 0.2) is 0 Å². The van der Waals surface area contributed by atoms with Crippen LogP contribution in [0.4, 0.5) is 0 Å². The summed E-state index contributed by atoms with van der Waals surface area (Å²) in [5.74, 6) is -1.81. The molecule has 1 fully saturated rings. The summed E-state index contributed by atoms with van der Waals surface area (Å²) >= 11 is 0. The first-order valence-corrected chi connectivity index (χ1v) is 6.19. The van der Waals surface area contributed by atoms with Crippen molar-refractivity contribution in [1.82, 2.24) is 5.32 Å². The predicted octanol–water partition coefficient (Wildman–Crippen LogP) is 0.452. The molecule has 1 heterocycles. The average Bonchev–Trinajstić information content (AvgIpc) is 2.89. The molecule has 1 aliphatic carbocycles. The molecule has 0 unspecified atom stereocenters. The first-order valence-electron chi connectivity index (χ1n) is 6.19. The lowest BCUT2D eigenvalue weighted by atomic mass is 9.79. The Morgan fingerprint density at radius 2 is 2.06 bits per heavy atom. The van der Waals surface area contributed by atoms with Gasteiger partial charge in [-0.2, -0.15) is 0 Å². The quantitative estimate of drug-likeness (QED) is 0.841. The molecule has 1 aromatic rings. The fourth-order valence-corrected chi connectivity index (χ4v) is 2.45. The maximum atomic E-state index is 12.0. The second-order valence-electron chi connectivity index (χ2n) is 4.61. The van der Waals surface area contributed by atoms with E-state index in [1.165, 1.54) is 6.26 Å². The van der Waals surface area contributed by atoms with Crippen molar-refractivity contribution >= 4 is 11.9 Å². The van der Waals surface area contributed by atoms with Gasteiger partial charge in [-0.05, 0) is 25.0 Å². The number of amides is 1. The Morgan fingerprint density at radius 3 is 2.67 bits per heavy atom. The van der Waals surface area contributed by atoms with E-state index in [1.807, 2.05) is 0 Å². The summed E-state index contributed by atoms with van der Waals surface area (Å²) in [6.07, 6.45) is 4.42. The number of carbonyl (C=O) groups excluding carboxylic acids is 2. The third-order valence-electron chi connectivity index (χ3n) is 3.42. The van der Waals surface area contributed by atoms with Gasteiger partial charge in [0, 0.05) is 17.8 Å². The third kappa shape index (κ3) is 2.91. The summed E-state index contributed by atoms with van der Waals surface area (Å²) < 4.78 is 5.10. The zero-order valence-electron chi connectivity index (χ0n) is 10.1. The summed E-state index contributed by atoms with van der Waals surface area (Å²) in [7, 11) is 0. The highest BCUT2D eigenvalue weighted by atomic mass is 16.4. The number of carboxylic acids is 1.